The van der Waals surface area contributed by atoms with Crippen LogP contribution in [-0.2, 0) is 13.0 Å². The van der Waals surface area contributed by atoms with E-state index >= 15 is 0 Å². The Morgan fingerprint density at radius 2 is 2.24 bits per heavy atom. The predicted molar refractivity (Wildman–Crippen MR) is 65.4 cm³/mol. The number of nitrogens with zero attached hydrogens (tertiary/aromatic N) is 3. The summed E-state index contributed by atoms with van der Waals surface area (Å²) in [5.41, 5.74) is 1.90. The second-order valence-electron chi connectivity index (χ2n) is 4.06. The highest BCUT2D eigenvalue weighted by Crippen LogP contribution is 2.17. The first-order valence-corrected chi connectivity index (χ1v) is 5.90. The van der Waals surface area contributed by atoms with E-state index in [-0.39, 0.29) is 0 Å². The molecule has 0 bridgehead atoms. The van der Waals surface area contributed by atoms with Crippen molar-refractivity contribution in [3.05, 3.63) is 48.0 Å². The molecule has 0 spiro atoms. The van der Waals surface area contributed by atoms with Crippen molar-refractivity contribution in [3.63, 3.8) is 0 Å². The summed E-state index contributed by atoms with van der Waals surface area (Å²) in [6.07, 6.45) is 6.31. The fourth-order valence-electron chi connectivity index (χ4n) is 1.87. The van der Waals surface area contributed by atoms with Gasteiger partial charge in [-0.25, -0.2) is 0 Å². The Morgan fingerprint density at radius 3 is 2.94 bits per heavy atom. The molecule has 0 saturated carbocycles. The van der Waals surface area contributed by atoms with Gasteiger partial charge >= 0.3 is 0 Å². The summed E-state index contributed by atoms with van der Waals surface area (Å²) in [4.78, 5) is 4.04. The van der Waals surface area contributed by atoms with E-state index in [1.165, 1.54) is 0 Å². The number of aliphatic hydroxyl groups is 1. The second-order valence-corrected chi connectivity index (χ2v) is 4.06. The van der Waals surface area contributed by atoms with Crippen LogP contribution >= 0.6 is 0 Å². The van der Waals surface area contributed by atoms with Crippen LogP contribution in [0.2, 0.25) is 0 Å². The fourth-order valence-corrected chi connectivity index (χ4v) is 1.87. The van der Waals surface area contributed by atoms with Gasteiger partial charge in [-0.2, -0.15) is 5.10 Å². The van der Waals surface area contributed by atoms with Crippen LogP contribution in [0.3, 0.4) is 0 Å². The van der Waals surface area contributed by atoms with Crippen molar-refractivity contribution in [2.45, 2.75) is 32.4 Å². The third-order valence-electron chi connectivity index (χ3n) is 2.68. The summed E-state index contributed by atoms with van der Waals surface area (Å²) in [5.74, 6) is 0. The molecule has 0 aliphatic heterocycles. The highest BCUT2D eigenvalue weighted by atomic mass is 16.3. The third kappa shape index (κ3) is 2.91. The van der Waals surface area contributed by atoms with Crippen molar-refractivity contribution >= 4 is 0 Å². The van der Waals surface area contributed by atoms with Gasteiger partial charge < -0.3 is 5.11 Å². The molecule has 1 N–H and O–H groups in total. The molecule has 1 atom stereocenters. The predicted octanol–water partition coefficient (Wildman–Crippen LogP) is 1.96. The number of hydrogen-bond donors (Lipinski definition) is 1. The van der Waals surface area contributed by atoms with Crippen molar-refractivity contribution in [1.29, 1.82) is 0 Å². The zero-order chi connectivity index (χ0) is 12.1. The molecule has 4 nitrogen and oxygen atoms in total. The Hall–Kier alpha value is -1.68. The lowest BCUT2D eigenvalue weighted by molar-refractivity contribution is 0.166. The van der Waals surface area contributed by atoms with Crippen molar-refractivity contribution < 1.29 is 5.11 Å². The Labute approximate surface area is 101 Å². The topological polar surface area (TPSA) is 50.9 Å². The molecule has 2 aromatic heterocycles. The van der Waals surface area contributed by atoms with Gasteiger partial charge in [-0.05, 0) is 24.1 Å². The molecule has 1 unspecified atom stereocenters. The molecule has 0 aliphatic rings. The quantitative estimate of drug-likeness (QED) is 0.855. The molecule has 2 aromatic rings. The highest BCUT2D eigenvalue weighted by Gasteiger charge is 2.13. The first kappa shape index (κ1) is 11.8. The maximum Gasteiger partial charge on any atom is 0.0997 e. The number of hydrogen-bond acceptors (Lipinski definition) is 3. The van der Waals surface area contributed by atoms with Crippen molar-refractivity contribution in [2.24, 2.45) is 0 Å². The average Bonchev–Trinajstić information content (AvgIpc) is 2.79. The molecule has 4 heteroatoms. The molecule has 90 valence electrons. The van der Waals surface area contributed by atoms with Crippen LogP contribution in [0, 0.1) is 0 Å². The molecule has 0 radical (unpaired) electrons. The number of aliphatic hydroxyl groups excluding tert-OH is 1. The molecular formula is C13H17N3O. The van der Waals surface area contributed by atoms with Crippen LogP contribution in [0.15, 0.2) is 36.8 Å². The Balaban J connectivity index is 2.09. The van der Waals surface area contributed by atoms with Gasteiger partial charge in [0.2, 0.25) is 0 Å². The van der Waals surface area contributed by atoms with Gasteiger partial charge in [0.15, 0.2) is 0 Å². The maximum absolute atomic E-state index is 10.2. The van der Waals surface area contributed by atoms with Gasteiger partial charge in [-0.1, -0.05) is 13.0 Å². The van der Waals surface area contributed by atoms with Crippen LogP contribution in [0.25, 0.3) is 0 Å². The number of pyridine rings is 1. The normalized spacial score (nSPS) is 12.6. The van der Waals surface area contributed by atoms with Gasteiger partial charge in [0.05, 0.1) is 11.8 Å². The lowest BCUT2D eigenvalue weighted by atomic mass is 10.1. The molecule has 0 fully saturated rings. The smallest absolute Gasteiger partial charge is 0.0997 e. The summed E-state index contributed by atoms with van der Waals surface area (Å²) in [6, 6.07) is 5.72. The van der Waals surface area contributed by atoms with Gasteiger partial charge in [-0.3, -0.25) is 9.67 Å². The first-order valence-electron chi connectivity index (χ1n) is 5.90. The van der Waals surface area contributed by atoms with Gasteiger partial charge in [0.25, 0.3) is 0 Å². The number of rotatable bonds is 5. The molecule has 0 aliphatic carbocycles. The molecule has 0 saturated heterocycles. The zero-order valence-electron chi connectivity index (χ0n) is 9.95. The molecule has 2 heterocycles. The van der Waals surface area contributed by atoms with E-state index in [1.807, 2.05) is 22.9 Å². The van der Waals surface area contributed by atoms with E-state index in [9.17, 15) is 5.11 Å². The summed E-state index contributed by atoms with van der Waals surface area (Å²) in [7, 11) is 0. The molecule has 2 rings (SSSR count). The van der Waals surface area contributed by atoms with Crippen molar-refractivity contribution in [1.82, 2.24) is 14.8 Å². The first-order chi connectivity index (χ1) is 8.31. The van der Waals surface area contributed by atoms with E-state index in [0.29, 0.717) is 6.42 Å². The largest absolute Gasteiger partial charge is 0.386 e. The van der Waals surface area contributed by atoms with Crippen LogP contribution < -0.4 is 0 Å². The molecule has 17 heavy (non-hydrogen) atoms. The summed E-state index contributed by atoms with van der Waals surface area (Å²) < 4.78 is 1.86. The van der Waals surface area contributed by atoms with Crippen LogP contribution in [-0.4, -0.2) is 19.9 Å². The SMILES string of the molecule is CCCn1nccc1C(O)Cc1cccnc1. The van der Waals surface area contributed by atoms with Gasteiger partial charge in [-0.15, -0.1) is 0 Å². The number of aromatic nitrogens is 3. The average molecular weight is 231 g/mol. The minimum absolute atomic E-state index is 0.520. The minimum Gasteiger partial charge on any atom is -0.386 e. The van der Waals surface area contributed by atoms with Gasteiger partial charge in [0, 0.05) is 31.6 Å². The van der Waals surface area contributed by atoms with E-state index in [4.69, 9.17) is 0 Å². The Bertz CT molecular complexity index is 453. The standard InChI is InChI=1S/C13H17N3O/c1-2-8-16-12(5-7-15-16)13(17)9-11-4-3-6-14-10-11/h3-7,10,13,17H,2,8-9H2,1H3. The third-order valence-corrected chi connectivity index (χ3v) is 2.68. The van der Waals surface area contributed by atoms with Gasteiger partial charge in [0.1, 0.15) is 0 Å². The minimum atomic E-state index is -0.520. The Kier molecular flexibility index (Phi) is 3.88. The highest BCUT2D eigenvalue weighted by molar-refractivity contribution is 5.14. The summed E-state index contributed by atoms with van der Waals surface area (Å²) >= 11 is 0. The summed E-state index contributed by atoms with van der Waals surface area (Å²) in [5, 5.41) is 14.4. The van der Waals surface area contributed by atoms with Crippen LogP contribution in [0.5, 0.6) is 0 Å². The van der Waals surface area contributed by atoms with Crippen molar-refractivity contribution in [3.8, 4) is 0 Å². The van der Waals surface area contributed by atoms with Crippen molar-refractivity contribution in [2.75, 3.05) is 0 Å². The zero-order valence-corrected chi connectivity index (χ0v) is 9.95. The fraction of sp³-hybridized carbons (Fsp3) is 0.385. The van der Waals surface area contributed by atoms with E-state index in [0.717, 1.165) is 24.2 Å². The summed E-state index contributed by atoms with van der Waals surface area (Å²) in [6.45, 7) is 2.94. The van der Waals surface area contributed by atoms with Crippen LogP contribution in [0.4, 0.5) is 0 Å². The lowest BCUT2D eigenvalue weighted by Crippen LogP contribution is -2.11. The van der Waals surface area contributed by atoms with Crippen LogP contribution in [0.1, 0.15) is 30.7 Å². The van der Waals surface area contributed by atoms with E-state index in [2.05, 4.69) is 17.0 Å². The lowest BCUT2D eigenvalue weighted by Gasteiger charge is -2.12. The Morgan fingerprint density at radius 1 is 1.35 bits per heavy atom. The number of aryl methyl sites for hydroxylation is 1. The van der Waals surface area contributed by atoms with E-state index in [1.54, 1.807) is 18.6 Å². The molecular weight excluding hydrogens is 214 g/mol. The molecule has 0 amide bonds. The maximum atomic E-state index is 10.2. The van der Waals surface area contributed by atoms with E-state index < -0.39 is 6.10 Å². The monoisotopic (exact) mass is 231 g/mol. The second kappa shape index (κ2) is 5.59. The molecule has 0 aromatic carbocycles.